The van der Waals surface area contributed by atoms with Crippen LogP contribution in [-0.4, -0.2) is 62.3 Å². The number of carbonyl (C=O) groups is 2. The van der Waals surface area contributed by atoms with E-state index in [-0.39, 0.29) is 18.5 Å². The van der Waals surface area contributed by atoms with Gasteiger partial charge < -0.3 is 19.7 Å². The fourth-order valence-electron chi connectivity index (χ4n) is 1.72. The first-order chi connectivity index (χ1) is 8.20. The molecule has 0 aliphatic carbocycles. The highest BCUT2D eigenvalue weighted by Gasteiger charge is 2.32. The molecule has 1 heterocycles. The van der Waals surface area contributed by atoms with E-state index in [0.717, 1.165) is 0 Å². The Hall–Kier alpha value is -1.14. The maximum atomic E-state index is 11.8. The van der Waals surface area contributed by atoms with E-state index in [9.17, 15) is 9.59 Å². The molecule has 6 heteroatoms. The molecule has 17 heavy (non-hydrogen) atoms. The van der Waals surface area contributed by atoms with E-state index in [2.05, 4.69) is 5.32 Å². The minimum absolute atomic E-state index is 0.0202. The monoisotopic (exact) mass is 244 g/mol. The Kier molecular flexibility index (Phi) is 5.93. The summed E-state index contributed by atoms with van der Waals surface area (Å²) >= 11 is 0. The van der Waals surface area contributed by atoms with Gasteiger partial charge in [0.15, 0.2) is 0 Å². The molecule has 0 aromatic rings. The normalized spacial score (nSPS) is 20.1. The van der Waals surface area contributed by atoms with Crippen LogP contribution in [0.2, 0.25) is 0 Å². The van der Waals surface area contributed by atoms with E-state index < -0.39 is 6.04 Å². The van der Waals surface area contributed by atoms with Crippen molar-refractivity contribution in [2.45, 2.75) is 19.9 Å². The quantitative estimate of drug-likeness (QED) is 0.653. The van der Waals surface area contributed by atoms with E-state index in [4.69, 9.17) is 9.47 Å². The number of ether oxygens (including phenoxy) is 2. The molecule has 1 atom stereocenters. The van der Waals surface area contributed by atoms with Crippen molar-refractivity contribution in [3.63, 3.8) is 0 Å². The molecule has 1 rings (SSSR count). The third-order valence-corrected chi connectivity index (χ3v) is 2.55. The van der Waals surface area contributed by atoms with Crippen molar-refractivity contribution < 1.29 is 19.1 Å². The fraction of sp³-hybridized carbons (Fsp3) is 0.818. The molecule has 0 aromatic heterocycles. The van der Waals surface area contributed by atoms with Crippen LogP contribution in [0.4, 0.5) is 0 Å². The van der Waals surface area contributed by atoms with Gasteiger partial charge >= 0.3 is 5.97 Å². The third kappa shape index (κ3) is 3.98. The Morgan fingerprint density at radius 3 is 2.76 bits per heavy atom. The molecular formula is C11H20N2O4. The summed E-state index contributed by atoms with van der Waals surface area (Å²) in [6.45, 7) is 6.05. The molecule has 1 amide bonds. The van der Waals surface area contributed by atoms with Crippen LogP contribution in [0.3, 0.4) is 0 Å². The van der Waals surface area contributed by atoms with Crippen molar-refractivity contribution in [2.75, 3.05) is 39.5 Å². The standard InChI is InChI=1S/C11H20N2O4/c1-3-16-8-10(14)13-6-5-12-7-9(13)11(15)17-4-2/h9,12H,3-8H2,1-2H3. The van der Waals surface area contributed by atoms with Gasteiger partial charge in [-0.2, -0.15) is 0 Å². The number of piperazine rings is 1. The van der Waals surface area contributed by atoms with Crippen molar-refractivity contribution >= 4 is 11.9 Å². The second-order valence-corrected chi connectivity index (χ2v) is 3.70. The summed E-state index contributed by atoms with van der Waals surface area (Å²) in [6, 6.07) is -0.531. The lowest BCUT2D eigenvalue weighted by Crippen LogP contribution is -2.58. The molecule has 0 spiro atoms. The highest BCUT2D eigenvalue weighted by atomic mass is 16.5. The van der Waals surface area contributed by atoms with Gasteiger partial charge in [-0.3, -0.25) is 4.79 Å². The van der Waals surface area contributed by atoms with Gasteiger partial charge in [-0.05, 0) is 13.8 Å². The van der Waals surface area contributed by atoms with Gasteiger partial charge in [0.25, 0.3) is 0 Å². The Morgan fingerprint density at radius 1 is 1.35 bits per heavy atom. The maximum Gasteiger partial charge on any atom is 0.330 e. The lowest BCUT2D eigenvalue weighted by molar-refractivity contribution is -0.157. The zero-order valence-electron chi connectivity index (χ0n) is 10.4. The summed E-state index contributed by atoms with van der Waals surface area (Å²) in [7, 11) is 0. The molecule has 1 fully saturated rings. The van der Waals surface area contributed by atoms with Gasteiger partial charge in [0, 0.05) is 26.2 Å². The number of hydrogen-bond donors (Lipinski definition) is 1. The fourth-order valence-corrected chi connectivity index (χ4v) is 1.72. The van der Waals surface area contributed by atoms with Crippen LogP contribution in [0, 0.1) is 0 Å². The summed E-state index contributed by atoms with van der Waals surface area (Å²) in [6.07, 6.45) is 0. The number of nitrogens with one attached hydrogen (secondary N) is 1. The van der Waals surface area contributed by atoms with Crippen molar-refractivity contribution in [2.24, 2.45) is 0 Å². The van der Waals surface area contributed by atoms with Crippen LogP contribution < -0.4 is 5.32 Å². The zero-order chi connectivity index (χ0) is 12.7. The van der Waals surface area contributed by atoms with Crippen LogP contribution in [-0.2, 0) is 19.1 Å². The summed E-state index contributed by atoms with van der Waals surface area (Å²) in [5.74, 6) is -0.518. The van der Waals surface area contributed by atoms with E-state index in [1.165, 1.54) is 4.90 Å². The molecule has 0 saturated carbocycles. The Bertz CT molecular complexity index is 270. The summed E-state index contributed by atoms with van der Waals surface area (Å²) in [5.41, 5.74) is 0. The van der Waals surface area contributed by atoms with Gasteiger partial charge in [0.2, 0.25) is 5.91 Å². The van der Waals surface area contributed by atoms with E-state index in [0.29, 0.717) is 32.8 Å². The third-order valence-electron chi connectivity index (χ3n) is 2.55. The number of carbonyl (C=O) groups excluding carboxylic acids is 2. The molecule has 1 aliphatic rings. The molecular weight excluding hydrogens is 224 g/mol. The predicted molar refractivity (Wildman–Crippen MR) is 61.5 cm³/mol. The van der Waals surface area contributed by atoms with Crippen LogP contribution >= 0.6 is 0 Å². The van der Waals surface area contributed by atoms with Gasteiger partial charge in [-0.1, -0.05) is 0 Å². The highest BCUT2D eigenvalue weighted by Crippen LogP contribution is 2.06. The van der Waals surface area contributed by atoms with Gasteiger partial charge in [-0.25, -0.2) is 4.79 Å². The van der Waals surface area contributed by atoms with Gasteiger partial charge in [-0.15, -0.1) is 0 Å². The number of amides is 1. The minimum atomic E-state index is -0.531. The first kappa shape index (κ1) is 13.9. The Labute approximate surface area is 101 Å². The van der Waals surface area contributed by atoms with Crippen LogP contribution in [0.15, 0.2) is 0 Å². The van der Waals surface area contributed by atoms with Crippen LogP contribution in [0.5, 0.6) is 0 Å². The van der Waals surface area contributed by atoms with Crippen LogP contribution in [0.25, 0.3) is 0 Å². The summed E-state index contributed by atoms with van der Waals surface area (Å²) in [5, 5.41) is 3.08. The molecule has 1 aliphatic heterocycles. The van der Waals surface area contributed by atoms with E-state index in [1.807, 2.05) is 6.92 Å². The maximum absolute atomic E-state index is 11.8. The van der Waals surface area contributed by atoms with Gasteiger partial charge in [0.1, 0.15) is 12.6 Å². The highest BCUT2D eigenvalue weighted by molar-refractivity contribution is 5.85. The average Bonchev–Trinajstić information content (AvgIpc) is 2.36. The molecule has 0 radical (unpaired) electrons. The van der Waals surface area contributed by atoms with Crippen molar-refractivity contribution in [1.29, 1.82) is 0 Å². The van der Waals surface area contributed by atoms with Crippen molar-refractivity contribution in [3.05, 3.63) is 0 Å². The van der Waals surface area contributed by atoms with Crippen LogP contribution in [0.1, 0.15) is 13.8 Å². The molecule has 1 saturated heterocycles. The SMILES string of the molecule is CCOCC(=O)N1CCNCC1C(=O)OCC. The second-order valence-electron chi connectivity index (χ2n) is 3.70. The zero-order valence-corrected chi connectivity index (χ0v) is 10.4. The van der Waals surface area contributed by atoms with E-state index in [1.54, 1.807) is 6.92 Å². The lowest BCUT2D eigenvalue weighted by Gasteiger charge is -2.34. The number of nitrogens with zero attached hydrogens (tertiary/aromatic N) is 1. The minimum Gasteiger partial charge on any atom is -0.464 e. The second kappa shape index (κ2) is 7.24. The number of rotatable bonds is 5. The molecule has 0 bridgehead atoms. The summed E-state index contributed by atoms with van der Waals surface area (Å²) in [4.78, 5) is 25.1. The van der Waals surface area contributed by atoms with Gasteiger partial charge in [0.05, 0.1) is 6.61 Å². The molecule has 0 aromatic carbocycles. The van der Waals surface area contributed by atoms with Crippen molar-refractivity contribution in [1.82, 2.24) is 10.2 Å². The Balaban J connectivity index is 2.58. The lowest BCUT2D eigenvalue weighted by atomic mass is 10.2. The van der Waals surface area contributed by atoms with Crippen molar-refractivity contribution in [3.8, 4) is 0 Å². The number of esters is 1. The largest absolute Gasteiger partial charge is 0.464 e. The predicted octanol–water partition coefficient (Wildman–Crippen LogP) is -0.614. The first-order valence-corrected chi connectivity index (χ1v) is 5.95. The summed E-state index contributed by atoms with van der Waals surface area (Å²) < 4.78 is 10.0. The molecule has 1 N–H and O–H groups in total. The average molecular weight is 244 g/mol. The first-order valence-electron chi connectivity index (χ1n) is 5.95. The Morgan fingerprint density at radius 2 is 2.12 bits per heavy atom. The number of hydrogen-bond acceptors (Lipinski definition) is 5. The smallest absolute Gasteiger partial charge is 0.330 e. The molecule has 6 nitrogen and oxygen atoms in total. The molecule has 98 valence electrons. The van der Waals surface area contributed by atoms with E-state index >= 15 is 0 Å². The topological polar surface area (TPSA) is 67.9 Å². The molecule has 1 unspecified atom stereocenters.